The lowest BCUT2D eigenvalue weighted by atomic mass is 9.85. The number of amides is 2. The van der Waals surface area contributed by atoms with Crippen LogP contribution >= 0.6 is 0 Å². The first-order chi connectivity index (χ1) is 21.4. The summed E-state index contributed by atoms with van der Waals surface area (Å²) in [6, 6.07) is 17.4. The summed E-state index contributed by atoms with van der Waals surface area (Å²) in [5.74, 6) is -0.289. The Balaban J connectivity index is 1.21. The summed E-state index contributed by atoms with van der Waals surface area (Å²) in [6.07, 6.45) is -0.327. The molecule has 13 nitrogen and oxygen atoms in total. The molecule has 1 aliphatic rings. The number of fused-ring (bicyclic) bond motifs is 3. The average Bonchev–Trinajstić information content (AvgIpc) is 3.00. The second kappa shape index (κ2) is 12.9. The molecule has 236 valence electrons. The van der Waals surface area contributed by atoms with Crippen LogP contribution in [0.15, 0.2) is 65.7 Å². The van der Waals surface area contributed by atoms with Gasteiger partial charge >= 0.3 is 6.09 Å². The molecular weight excluding hydrogens is 576 g/mol. The van der Waals surface area contributed by atoms with Gasteiger partial charge in [-0.25, -0.2) is 25.2 Å². The van der Waals surface area contributed by atoms with Gasteiger partial charge < -0.3 is 15.3 Å². The highest BCUT2D eigenvalue weighted by Gasteiger charge is 2.31. The van der Waals surface area contributed by atoms with Gasteiger partial charge in [0.1, 0.15) is 16.9 Å². The van der Waals surface area contributed by atoms with Crippen LogP contribution < -0.4 is 21.0 Å². The number of hydroxylamine groups is 1. The van der Waals surface area contributed by atoms with Crippen molar-refractivity contribution in [3.05, 3.63) is 71.8 Å². The van der Waals surface area contributed by atoms with Crippen LogP contribution in [0.1, 0.15) is 49.5 Å². The van der Waals surface area contributed by atoms with Gasteiger partial charge in [-0.2, -0.15) is 10.2 Å². The normalized spacial score (nSPS) is 14.8. The van der Waals surface area contributed by atoms with Crippen LogP contribution in [-0.2, 0) is 0 Å². The molecule has 45 heavy (non-hydrogen) atoms. The topological polar surface area (TPSA) is 167 Å². The second-order valence-electron chi connectivity index (χ2n) is 12.1. The SMILES string of the molecule is Cc1cccc2nc3cccc(C(=O)NCCCN(CCC(N=C4NN(O)c5ccccc5N4O)C(C)(C)C)C(=O)O)c3nc12. The first-order valence-corrected chi connectivity index (χ1v) is 14.8. The standard InChI is InChI=1S/C32H38N8O5/c1-20-10-7-12-22-27(20)36-28-21(11-8-13-23(28)34-22)29(41)33-17-9-18-38(31(42)43)19-16-26(32(2,3)4)35-30-37-40(45)25-15-6-5-14-24(25)39(30)44/h5-8,10-15,26,44-45H,9,16-19H2,1-4H3,(H,33,41)(H,35,37)(H,42,43). The van der Waals surface area contributed by atoms with Crippen molar-refractivity contribution in [2.45, 2.75) is 46.6 Å². The number of carbonyl (C=O) groups excluding carboxylic acids is 1. The largest absolute Gasteiger partial charge is 0.465 e. The van der Waals surface area contributed by atoms with E-state index in [9.17, 15) is 25.1 Å². The summed E-state index contributed by atoms with van der Waals surface area (Å²) in [5.41, 5.74) is 6.98. The van der Waals surface area contributed by atoms with E-state index < -0.39 is 17.6 Å². The Hall–Kier alpha value is -5.01. The Morgan fingerprint density at radius 2 is 1.64 bits per heavy atom. The zero-order valence-corrected chi connectivity index (χ0v) is 25.7. The van der Waals surface area contributed by atoms with Crippen molar-refractivity contribution in [3.8, 4) is 0 Å². The number of aryl methyl sites for hydroxylation is 1. The van der Waals surface area contributed by atoms with Crippen LogP contribution in [0.2, 0.25) is 0 Å². The summed E-state index contributed by atoms with van der Waals surface area (Å²) in [7, 11) is 0. The van der Waals surface area contributed by atoms with Crippen LogP contribution in [0.25, 0.3) is 22.1 Å². The quantitative estimate of drug-likeness (QED) is 0.128. The third-order valence-corrected chi connectivity index (χ3v) is 7.80. The van der Waals surface area contributed by atoms with Gasteiger partial charge in [-0.3, -0.25) is 15.2 Å². The lowest BCUT2D eigenvalue weighted by molar-refractivity contribution is 0.0953. The smallest absolute Gasteiger partial charge is 0.407 e. The Kier molecular flexibility index (Phi) is 9.02. The monoisotopic (exact) mass is 614 g/mol. The number of nitrogens with zero attached hydrogens (tertiary/aromatic N) is 6. The van der Waals surface area contributed by atoms with E-state index in [1.807, 2.05) is 52.0 Å². The fourth-order valence-corrected chi connectivity index (χ4v) is 5.25. The Bertz CT molecular complexity index is 1760. The van der Waals surface area contributed by atoms with Crippen molar-refractivity contribution in [3.63, 3.8) is 0 Å². The highest BCUT2D eigenvalue weighted by molar-refractivity contribution is 6.06. The summed E-state index contributed by atoms with van der Waals surface area (Å²) in [4.78, 5) is 40.6. The highest BCUT2D eigenvalue weighted by Crippen LogP contribution is 2.31. The number of carboxylic acid groups (broad SMARTS) is 1. The fourth-order valence-electron chi connectivity index (χ4n) is 5.25. The zero-order chi connectivity index (χ0) is 32.3. The number of hydrazine groups is 1. The molecule has 1 aliphatic heterocycles. The molecule has 0 fully saturated rings. The van der Waals surface area contributed by atoms with Gasteiger partial charge in [0.25, 0.3) is 5.91 Å². The lowest BCUT2D eigenvalue weighted by Gasteiger charge is -2.35. The van der Waals surface area contributed by atoms with Crippen LogP contribution in [0.5, 0.6) is 0 Å². The molecule has 2 heterocycles. The Morgan fingerprint density at radius 1 is 0.956 bits per heavy atom. The second-order valence-corrected chi connectivity index (χ2v) is 12.1. The van der Waals surface area contributed by atoms with Gasteiger partial charge in [-0.15, -0.1) is 0 Å². The summed E-state index contributed by atoms with van der Waals surface area (Å²) >= 11 is 0. The number of para-hydroxylation sites is 4. The van der Waals surface area contributed by atoms with Crippen LogP contribution in [-0.4, -0.2) is 74.0 Å². The van der Waals surface area contributed by atoms with Gasteiger partial charge in [0.15, 0.2) is 0 Å². The number of rotatable bonds is 9. The molecule has 1 atom stereocenters. The zero-order valence-electron chi connectivity index (χ0n) is 25.7. The first kappa shape index (κ1) is 31.4. The maximum Gasteiger partial charge on any atom is 0.407 e. The summed E-state index contributed by atoms with van der Waals surface area (Å²) in [6.45, 7) is 8.51. The van der Waals surface area contributed by atoms with E-state index in [4.69, 9.17) is 4.98 Å². The Morgan fingerprint density at radius 3 is 2.36 bits per heavy atom. The highest BCUT2D eigenvalue weighted by atomic mass is 16.6. The fraction of sp³-hybridized carbons (Fsp3) is 0.344. The molecule has 4 aromatic rings. The van der Waals surface area contributed by atoms with Crippen molar-refractivity contribution in [2.24, 2.45) is 10.4 Å². The molecule has 13 heteroatoms. The van der Waals surface area contributed by atoms with E-state index in [1.54, 1.807) is 36.4 Å². The maximum absolute atomic E-state index is 13.1. The molecule has 1 unspecified atom stereocenters. The molecular formula is C32H38N8O5. The van der Waals surface area contributed by atoms with Crippen LogP contribution in [0, 0.1) is 12.3 Å². The van der Waals surface area contributed by atoms with Crippen molar-refractivity contribution in [1.82, 2.24) is 25.6 Å². The molecule has 3 aromatic carbocycles. The predicted octanol–water partition coefficient (Wildman–Crippen LogP) is 4.96. The third kappa shape index (κ3) is 6.89. The van der Waals surface area contributed by atoms with Gasteiger partial charge in [-0.05, 0) is 61.1 Å². The molecule has 1 aromatic heterocycles. The van der Waals surface area contributed by atoms with Gasteiger partial charge in [0, 0.05) is 19.6 Å². The minimum atomic E-state index is -1.08. The van der Waals surface area contributed by atoms with Gasteiger partial charge in [0.2, 0.25) is 5.96 Å². The number of carbonyl (C=O) groups is 2. The molecule has 0 bridgehead atoms. The minimum absolute atomic E-state index is 0.0157. The van der Waals surface area contributed by atoms with Crippen molar-refractivity contribution in [2.75, 3.05) is 29.9 Å². The molecule has 0 aliphatic carbocycles. The molecule has 5 rings (SSSR count). The van der Waals surface area contributed by atoms with E-state index in [-0.39, 0.29) is 31.5 Å². The van der Waals surface area contributed by atoms with E-state index >= 15 is 0 Å². The Labute approximate surface area is 260 Å². The van der Waals surface area contributed by atoms with Gasteiger partial charge in [-0.1, -0.05) is 51.1 Å². The lowest BCUT2D eigenvalue weighted by Crippen LogP contribution is -2.53. The maximum atomic E-state index is 13.1. The summed E-state index contributed by atoms with van der Waals surface area (Å²) in [5, 5.41) is 35.6. The number of hydrogen-bond donors (Lipinski definition) is 5. The number of guanidine groups is 1. The van der Waals surface area contributed by atoms with E-state index in [1.165, 1.54) is 4.90 Å². The number of benzene rings is 3. The van der Waals surface area contributed by atoms with E-state index in [0.29, 0.717) is 40.8 Å². The number of hydrogen-bond acceptors (Lipinski definition) is 8. The number of anilines is 2. The third-order valence-electron chi connectivity index (χ3n) is 7.80. The number of aliphatic imine (C=N–C) groups is 1. The van der Waals surface area contributed by atoms with Crippen LogP contribution in [0.4, 0.5) is 16.2 Å². The predicted molar refractivity (Wildman–Crippen MR) is 172 cm³/mol. The minimum Gasteiger partial charge on any atom is -0.465 e. The summed E-state index contributed by atoms with van der Waals surface area (Å²) < 4.78 is 0. The van der Waals surface area contributed by atoms with E-state index in [2.05, 4.69) is 20.7 Å². The molecule has 0 saturated heterocycles. The molecule has 0 spiro atoms. The van der Waals surface area contributed by atoms with E-state index in [0.717, 1.165) is 26.8 Å². The molecule has 0 radical (unpaired) electrons. The van der Waals surface area contributed by atoms with Crippen molar-refractivity contribution < 1.29 is 25.1 Å². The molecule has 5 N–H and O–H groups in total. The first-order valence-electron chi connectivity index (χ1n) is 14.8. The molecule has 2 amide bonds. The number of nitrogens with one attached hydrogen (secondary N) is 2. The molecule has 0 saturated carbocycles. The number of aromatic nitrogens is 2. The van der Waals surface area contributed by atoms with Crippen molar-refractivity contribution >= 4 is 51.4 Å². The van der Waals surface area contributed by atoms with Gasteiger partial charge in [0.05, 0.1) is 28.2 Å². The van der Waals surface area contributed by atoms with Crippen molar-refractivity contribution in [1.29, 1.82) is 0 Å². The average molecular weight is 615 g/mol. The van der Waals surface area contributed by atoms with Crippen LogP contribution in [0.3, 0.4) is 0 Å².